The van der Waals surface area contributed by atoms with Crippen LogP contribution in [-0.4, -0.2) is 0 Å². The second-order valence-electron chi connectivity index (χ2n) is 2.50. The maximum atomic E-state index is 5.56. The summed E-state index contributed by atoms with van der Waals surface area (Å²) in [5.74, 6) is 0. The van der Waals surface area contributed by atoms with Gasteiger partial charge >= 0.3 is 0 Å². The molecule has 1 aromatic carbocycles. The van der Waals surface area contributed by atoms with Crippen LogP contribution in [0.5, 0.6) is 0 Å². The summed E-state index contributed by atoms with van der Waals surface area (Å²) < 4.78 is 0.382. The van der Waals surface area contributed by atoms with Crippen molar-refractivity contribution in [3.63, 3.8) is 0 Å². The van der Waals surface area contributed by atoms with Gasteiger partial charge in [-0.15, -0.1) is 0 Å². The standard InChI is InChI=1S/C10H6Cl4/c11-9(12)5-7-3-1-2-4-8(7)6-10(13)14/h1-6H. The molecule has 0 aliphatic heterocycles. The molecule has 14 heavy (non-hydrogen) atoms. The van der Waals surface area contributed by atoms with Crippen LogP contribution in [0.1, 0.15) is 11.1 Å². The third-order valence-corrected chi connectivity index (χ3v) is 1.96. The van der Waals surface area contributed by atoms with Gasteiger partial charge in [0.05, 0.1) is 0 Å². The first-order valence-electron chi connectivity index (χ1n) is 3.74. The van der Waals surface area contributed by atoms with E-state index in [1.54, 1.807) is 12.2 Å². The monoisotopic (exact) mass is 266 g/mol. The molecule has 0 unspecified atom stereocenters. The molecule has 0 aliphatic carbocycles. The molecule has 0 radical (unpaired) electrons. The van der Waals surface area contributed by atoms with Crippen molar-refractivity contribution in [2.75, 3.05) is 0 Å². The van der Waals surface area contributed by atoms with Crippen LogP contribution in [0.3, 0.4) is 0 Å². The van der Waals surface area contributed by atoms with Crippen molar-refractivity contribution in [1.82, 2.24) is 0 Å². The Balaban J connectivity index is 3.16. The summed E-state index contributed by atoms with van der Waals surface area (Å²) in [6.45, 7) is 0. The number of halogens is 4. The SMILES string of the molecule is ClC(Cl)=Cc1ccccc1C=C(Cl)Cl. The van der Waals surface area contributed by atoms with Crippen molar-refractivity contribution in [2.24, 2.45) is 0 Å². The average Bonchev–Trinajstić information content (AvgIpc) is 2.06. The molecule has 0 heterocycles. The molecule has 0 amide bonds. The van der Waals surface area contributed by atoms with Crippen LogP contribution in [0.2, 0.25) is 0 Å². The first-order chi connectivity index (χ1) is 6.59. The fourth-order valence-corrected chi connectivity index (χ4v) is 1.48. The summed E-state index contributed by atoms with van der Waals surface area (Å²) in [4.78, 5) is 0. The molecule has 0 saturated heterocycles. The zero-order valence-corrected chi connectivity index (χ0v) is 10.00. The van der Waals surface area contributed by atoms with Crippen molar-refractivity contribution in [3.05, 3.63) is 44.4 Å². The van der Waals surface area contributed by atoms with Crippen molar-refractivity contribution in [1.29, 1.82) is 0 Å². The summed E-state index contributed by atoms with van der Waals surface area (Å²) in [7, 11) is 0. The summed E-state index contributed by atoms with van der Waals surface area (Å²) in [6, 6.07) is 7.49. The molecule has 4 heteroatoms. The van der Waals surface area contributed by atoms with Gasteiger partial charge in [0.15, 0.2) is 0 Å². The fraction of sp³-hybridized carbons (Fsp3) is 0. The van der Waals surface area contributed by atoms with E-state index in [0.29, 0.717) is 0 Å². The smallest absolute Gasteiger partial charge is 0.0709 e. The van der Waals surface area contributed by atoms with Gasteiger partial charge in [0.1, 0.15) is 8.98 Å². The van der Waals surface area contributed by atoms with Gasteiger partial charge in [0, 0.05) is 0 Å². The molecule has 0 aliphatic rings. The van der Waals surface area contributed by atoms with E-state index < -0.39 is 0 Å². The van der Waals surface area contributed by atoms with Crippen LogP contribution in [0.15, 0.2) is 33.2 Å². The Kier molecular flexibility index (Phi) is 4.83. The van der Waals surface area contributed by atoms with Crippen LogP contribution in [0.4, 0.5) is 0 Å². The molecule has 0 fully saturated rings. The minimum Gasteiger partial charge on any atom is -0.0709 e. The highest BCUT2D eigenvalue weighted by Crippen LogP contribution is 2.21. The maximum Gasteiger partial charge on any atom is 0.107 e. The van der Waals surface area contributed by atoms with Crippen LogP contribution in [-0.2, 0) is 0 Å². The lowest BCUT2D eigenvalue weighted by atomic mass is 10.1. The molecule has 0 atom stereocenters. The summed E-state index contributed by atoms with van der Waals surface area (Å²) >= 11 is 22.2. The highest BCUT2D eigenvalue weighted by Gasteiger charge is 1.97. The predicted molar refractivity (Wildman–Crippen MR) is 65.8 cm³/mol. The van der Waals surface area contributed by atoms with Gasteiger partial charge in [0.2, 0.25) is 0 Å². The fourth-order valence-electron chi connectivity index (χ4n) is 1.01. The largest absolute Gasteiger partial charge is 0.107 e. The third-order valence-electron chi connectivity index (χ3n) is 1.53. The van der Waals surface area contributed by atoms with E-state index in [4.69, 9.17) is 46.4 Å². The van der Waals surface area contributed by atoms with Crippen molar-refractivity contribution in [2.45, 2.75) is 0 Å². The van der Waals surface area contributed by atoms with E-state index in [-0.39, 0.29) is 8.98 Å². The van der Waals surface area contributed by atoms with Gasteiger partial charge in [-0.05, 0) is 23.3 Å². The van der Waals surface area contributed by atoms with Gasteiger partial charge in [0.25, 0.3) is 0 Å². The number of hydrogen-bond donors (Lipinski definition) is 0. The molecule has 0 spiro atoms. The Morgan fingerprint density at radius 2 is 1.14 bits per heavy atom. The first kappa shape index (κ1) is 11.9. The summed E-state index contributed by atoms with van der Waals surface area (Å²) in [6.07, 6.45) is 3.26. The maximum absolute atomic E-state index is 5.56. The van der Waals surface area contributed by atoms with Gasteiger partial charge in [-0.2, -0.15) is 0 Å². The number of benzene rings is 1. The lowest BCUT2D eigenvalue weighted by Crippen LogP contribution is -1.79. The van der Waals surface area contributed by atoms with Crippen LogP contribution < -0.4 is 0 Å². The Morgan fingerprint density at radius 3 is 1.43 bits per heavy atom. The molecule has 0 bridgehead atoms. The lowest BCUT2D eigenvalue weighted by Gasteiger charge is -1.99. The zero-order chi connectivity index (χ0) is 10.6. The lowest BCUT2D eigenvalue weighted by molar-refractivity contribution is 1.61. The zero-order valence-electron chi connectivity index (χ0n) is 6.98. The predicted octanol–water partition coefficient (Wildman–Crippen LogP) is 5.24. The Morgan fingerprint density at radius 1 is 0.786 bits per heavy atom. The first-order valence-corrected chi connectivity index (χ1v) is 5.25. The minimum absolute atomic E-state index is 0.191. The minimum atomic E-state index is 0.191. The molecule has 0 aromatic heterocycles. The summed E-state index contributed by atoms with van der Waals surface area (Å²) in [5, 5.41) is 0. The van der Waals surface area contributed by atoms with E-state index in [9.17, 15) is 0 Å². The Bertz CT molecular complexity index is 334. The third kappa shape index (κ3) is 3.93. The molecule has 0 nitrogen and oxygen atoms in total. The quantitative estimate of drug-likeness (QED) is 0.688. The normalized spacial score (nSPS) is 9.43. The topological polar surface area (TPSA) is 0 Å². The molecular formula is C10H6Cl4. The van der Waals surface area contributed by atoms with Crippen molar-refractivity contribution in [3.8, 4) is 0 Å². The molecule has 1 aromatic rings. The Labute approximate surface area is 103 Å². The highest BCUT2D eigenvalue weighted by atomic mass is 35.5. The Hall–Kier alpha value is -0.140. The number of rotatable bonds is 2. The van der Waals surface area contributed by atoms with E-state index >= 15 is 0 Å². The molecule has 0 N–H and O–H groups in total. The second-order valence-corrected chi connectivity index (χ2v) is 4.51. The molecule has 1 rings (SSSR count). The molecule has 0 saturated carbocycles. The van der Waals surface area contributed by atoms with Crippen LogP contribution in [0, 0.1) is 0 Å². The van der Waals surface area contributed by atoms with Crippen molar-refractivity contribution >= 4 is 58.6 Å². The van der Waals surface area contributed by atoms with Crippen LogP contribution >= 0.6 is 46.4 Å². The summed E-state index contributed by atoms with van der Waals surface area (Å²) in [5.41, 5.74) is 1.73. The van der Waals surface area contributed by atoms with Crippen molar-refractivity contribution < 1.29 is 0 Å². The van der Waals surface area contributed by atoms with E-state index in [1.807, 2.05) is 24.3 Å². The van der Waals surface area contributed by atoms with Gasteiger partial charge in [-0.3, -0.25) is 0 Å². The van der Waals surface area contributed by atoms with Gasteiger partial charge in [-0.1, -0.05) is 70.7 Å². The average molecular weight is 268 g/mol. The van der Waals surface area contributed by atoms with Gasteiger partial charge in [-0.25, -0.2) is 0 Å². The number of hydrogen-bond acceptors (Lipinski definition) is 0. The van der Waals surface area contributed by atoms with E-state index in [0.717, 1.165) is 11.1 Å². The highest BCUT2D eigenvalue weighted by molar-refractivity contribution is 6.58. The molecule has 74 valence electrons. The van der Waals surface area contributed by atoms with Crippen LogP contribution in [0.25, 0.3) is 12.2 Å². The molecular weight excluding hydrogens is 262 g/mol. The van der Waals surface area contributed by atoms with E-state index in [2.05, 4.69) is 0 Å². The van der Waals surface area contributed by atoms with Gasteiger partial charge < -0.3 is 0 Å². The second kappa shape index (κ2) is 5.67. The van der Waals surface area contributed by atoms with E-state index in [1.165, 1.54) is 0 Å².